The minimum Gasteiger partial charge on any atom is -0.451 e. The van der Waals surface area contributed by atoms with Gasteiger partial charge in [0.25, 0.3) is 0 Å². The Morgan fingerprint density at radius 3 is 2.95 bits per heavy atom. The zero-order valence-corrected chi connectivity index (χ0v) is 12.1. The number of fused-ring (bicyclic) bond motifs is 1. The first-order valence-corrected chi connectivity index (χ1v) is 7.52. The smallest absolute Gasteiger partial charge is 0.301 e. The van der Waals surface area contributed by atoms with Gasteiger partial charge in [-0.25, -0.2) is 5.84 Å². The first-order valence-electron chi connectivity index (χ1n) is 6.37. The molecule has 2 aromatic rings. The Balaban J connectivity index is 2.26. The highest BCUT2D eigenvalue weighted by atomic mass is 32.2. The van der Waals surface area contributed by atoms with Crippen LogP contribution in [0, 0.1) is 5.92 Å². The summed E-state index contributed by atoms with van der Waals surface area (Å²) in [7, 11) is 0. The summed E-state index contributed by atoms with van der Waals surface area (Å²) in [6.07, 6.45) is 0. The lowest BCUT2D eigenvalue weighted by molar-refractivity contribution is 0.0927. The van der Waals surface area contributed by atoms with Gasteiger partial charge >= 0.3 is 5.91 Å². The molecule has 4 N–H and O–H groups in total. The van der Waals surface area contributed by atoms with E-state index in [9.17, 15) is 4.79 Å². The van der Waals surface area contributed by atoms with Crippen molar-refractivity contribution < 1.29 is 14.3 Å². The monoisotopic (exact) mass is 294 g/mol. The molecule has 1 unspecified atom stereocenters. The fourth-order valence-corrected chi connectivity index (χ4v) is 3.02. The molecule has 0 aliphatic heterocycles. The molecule has 0 aliphatic rings. The zero-order valence-electron chi connectivity index (χ0n) is 11.3. The molecule has 0 saturated carbocycles. The van der Waals surface area contributed by atoms with Crippen molar-refractivity contribution in [1.29, 1.82) is 0 Å². The van der Waals surface area contributed by atoms with Crippen molar-refractivity contribution in [3.05, 3.63) is 35.6 Å². The number of thioether (sulfide) groups is 1. The Hall–Kier alpha value is -1.50. The quantitative estimate of drug-likeness (QED) is 0.430. The number of furan rings is 1. The molecule has 0 radical (unpaired) electrons. The summed E-state index contributed by atoms with van der Waals surface area (Å²) >= 11 is 1.66. The standard InChI is InChI=1S/C14H18N2O3S/c1-9(6-17)7-20-8-11-10-4-2-3-5-12(10)19-13(11)14(18)16-15/h2-5,9,17H,6-8,15H2,1H3,(H,16,18). The molecule has 1 heterocycles. The number of nitrogens with two attached hydrogens (primary N) is 1. The second kappa shape index (κ2) is 6.78. The summed E-state index contributed by atoms with van der Waals surface area (Å²) in [5, 5.41) is 9.96. The van der Waals surface area contributed by atoms with E-state index in [0.29, 0.717) is 11.3 Å². The van der Waals surface area contributed by atoms with Crippen LogP contribution in [0.3, 0.4) is 0 Å². The summed E-state index contributed by atoms with van der Waals surface area (Å²) in [6.45, 7) is 2.14. The first-order chi connectivity index (χ1) is 9.67. The number of aliphatic hydroxyl groups is 1. The van der Waals surface area contributed by atoms with Crippen molar-refractivity contribution in [2.24, 2.45) is 11.8 Å². The number of hydrogen-bond acceptors (Lipinski definition) is 5. The molecular weight excluding hydrogens is 276 g/mol. The van der Waals surface area contributed by atoms with E-state index in [-0.39, 0.29) is 18.3 Å². The summed E-state index contributed by atoms with van der Waals surface area (Å²) in [5.74, 6) is 6.72. The second-order valence-corrected chi connectivity index (χ2v) is 5.71. The van der Waals surface area contributed by atoms with Crippen molar-refractivity contribution in [2.45, 2.75) is 12.7 Å². The molecule has 0 fully saturated rings. The topological polar surface area (TPSA) is 88.5 Å². The number of amides is 1. The van der Waals surface area contributed by atoms with Gasteiger partial charge in [0, 0.05) is 23.3 Å². The maximum Gasteiger partial charge on any atom is 0.301 e. The predicted molar refractivity (Wildman–Crippen MR) is 80.3 cm³/mol. The van der Waals surface area contributed by atoms with Gasteiger partial charge in [-0.15, -0.1) is 0 Å². The Bertz CT molecular complexity index is 597. The number of aliphatic hydroxyl groups excluding tert-OH is 1. The molecule has 0 aliphatic carbocycles. The molecule has 5 nitrogen and oxygen atoms in total. The Kier molecular flexibility index (Phi) is 5.05. The largest absolute Gasteiger partial charge is 0.451 e. The number of rotatable bonds is 6. The Labute approximate surface area is 121 Å². The Morgan fingerprint density at radius 1 is 1.50 bits per heavy atom. The fourth-order valence-electron chi connectivity index (χ4n) is 1.91. The van der Waals surface area contributed by atoms with E-state index in [1.807, 2.05) is 31.2 Å². The van der Waals surface area contributed by atoms with Gasteiger partial charge in [0.05, 0.1) is 0 Å². The van der Waals surface area contributed by atoms with Crippen LogP contribution in [-0.4, -0.2) is 23.4 Å². The zero-order chi connectivity index (χ0) is 14.5. The number of para-hydroxylation sites is 1. The van der Waals surface area contributed by atoms with Gasteiger partial charge in [0.1, 0.15) is 5.58 Å². The minimum absolute atomic E-state index is 0.162. The van der Waals surface area contributed by atoms with Crippen molar-refractivity contribution in [3.63, 3.8) is 0 Å². The van der Waals surface area contributed by atoms with Gasteiger partial charge < -0.3 is 9.52 Å². The van der Waals surface area contributed by atoms with Crippen molar-refractivity contribution >= 4 is 28.6 Å². The molecule has 1 aromatic carbocycles. The lowest BCUT2D eigenvalue weighted by Crippen LogP contribution is -2.30. The molecule has 2 rings (SSSR count). The van der Waals surface area contributed by atoms with Crippen LogP contribution in [0.1, 0.15) is 23.0 Å². The van der Waals surface area contributed by atoms with Crippen molar-refractivity contribution in [1.82, 2.24) is 5.43 Å². The predicted octanol–water partition coefficient (Wildman–Crippen LogP) is 1.90. The number of hydrazine groups is 1. The van der Waals surface area contributed by atoms with E-state index in [1.54, 1.807) is 11.8 Å². The summed E-state index contributed by atoms with van der Waals surface area (Å²) < 4.78 is 5.58. The fraction of sp³-hybridized carbons (Fsp3) is 0.357. The van der Waals surface area contributed by atoms with Crippen LogP contribution in [0.4, 0.5) is 0 Å². The summed E-state index contributed by atoms with van der Waals surface area (Å²) in [4.78, 5) is 11.8. The molecule has 1 aromatic heterocycles. The molecule has 0 spiro atoms. The Morgan fingerprint density at radius 2 is 2.25 bits per heavy atom. The van der Waals surface area contributed by atoms with E-state index >= 15 is 0 Å². The van der Waals surface area contributed by atoms with Gasteiger partial charge in [-0.3, -0.25) is 10.2 Å². The van der Waals surface area contributed by atoms with E-state index < -0.39 is 5.91 Å². The normalized spacial score (nSPS) is 12.6. The van der Waals surface area contributed by atoms with Crippen LogP contribution in [0.25, 0.3) is 11.0 Å². The van der Waals surface area contributed by atoms with Gasteiger partial charge in [0.2, 0.25) is 0 Å². The molecule has 0 saturated heterocycles. The summed E-state index contributed by atoms with van der Waals surface area (Å²) in [5.41, 5.74) is 3.63. The minimum atomic E-state index is -0.424. The molecule has 0 bridgehead atoms. The first kappa shape index (κ1) is 14.9. The lowest BCUT2D eigenvalue weighted by Gasteiger charge is -2.07. The molecular formula is C14H18N2O3S. The van der Waals surface area contributed by atoms with E-state index in [1.165, 1.54) is 0 Å². The molecule has 1 amide bonds. The van der Waals surface area contributed by atoms with Crippen LogP contribution in [0.2, 0.25) is 0 Å². The maximum absolute atomic E-state index is 11.8. The molecule has 1 atom stereocenters. The van der Waals surface area contributed by atoms with Crippen molar-refractivity contribution in [2.75, 3.05) is 12.4 Å². The van der Waals surface area contributed by atoms with Crippen LogP contribution in [0.15, 0.2) is 28.7 Å². The number of nitrogens with one attached hydrogen (secondary N) is 1. The van der Waals surface area contributed by atoms with E-state index in [2.05, 4.69) is 5.43 Å². The number of benzene rings is 1. The highest BCUT2D eigenvalue weighted by Gasteiger charge is 2.19. The van der Waals surface area contributed by atoms with Gasteiger partial charge in [0.15, 0.2) is 5.76 Å². The van der Waals surface area contributed by atoms with Crippen LogP contribution >= 0.6 is 11.8 Å². The molecule has 6 heteroatoms. The van der Waals surface area contributed by atoms with E-state index in [4.69, 9.17) is 15.4 Å². The summed E-state index contributed by atoms with van der Waals surface area (Å²) in [6, 6.07) is 7.53. The highest BCUT2D eigenvalue weighted by molar-refractivity contribution is 7.98. The molecule has 20 heavy (non-hydrogen) atoms. The van der Waals surface area contributed by atoms with Gasteiger partial charge in [-0.05, 0) is 17.7 Å². The molecule has 108 valence electrons. The van der Waals surface area contributed by atoms with Gasteiger partial charge in [-0.2, -0.15) is 11.8 Å². The van der Waals surface area contributed by atoms with Crippen LogP contribution in [-0.2, 0) is 5.75 Å². The second-order valence-electron chi connectivity index (χ2n) is 4.68. The van der Waals surface area contributed by atoms with Crippen molar-refractivity contribution in [3.8, 4) is 0 Å². The third-order valence-corrected chi connectivity index (χ3v) is 4.29. The van der Waals surface area contributed by atoms with E-state index in [0.717, 1.165) is 16.7 Å². The number of carbonyl (C=O) groups is 1. The van der Waals surface area contributed by atoms with Gasteiger partial charge in [-0.1, -0.05) is 25.1 Å². The average molecular weight is 294 g/mol. The highest BCUT2D eigenvalue weighted by Crippen LogP contribution is 2.29. The maximum atomic E-state index is 11.8. The third-order valence-electron chi connectivity index (χ3n) is 3.00. The lowest BCUT2D eigenvalue weighted by atomic mass is 10.1. The number of carbonyl (C=O) groups excluding carboxylic acids is 1. The van der Waals surface area contributed by atoms with Crippen LogP contribution in [0.5, 0.6) is 0 Å². The number of nitrogen functional groups attached to an aromatic ring is 1. The number of hydrogen-bond donors (Lipinski definition) is 3. The third kappa shape index (κ3) is 3.15. The van der Waals surface area contributed by atoms with Crippen LogP contribution < -0.4 is 11.3 Å². The SMILES string of the molecule is CC(CO)CSCc1c(C(=O)NN)oc2ccccc12. The average Bonchev–Trinajstić information content (AvgIpc) is 2.85.